The van der Waals surface area contributed by atoms with Crippen LogP contribution in [0.5, 0.6) is 5.75 Å². The van der Waals surface area contributed by atoms with Crippen molar-refractivity contribution in [2.75, 3.05) is 0 Å². The first kappa shape index (κ1) is 21.9. The fourth-order valence-corrected chi connectivity index (χ4v) is 3.76. The second-order valence-corrected chi connectivity index (χ2v) is 7.81. The van der Waals surface area contributed by atoms with Crippen LogP contribution in [0.2, 0.25) is 0 Å². The largest absolute Gasteiger partial charge is 0.423 e. The van der Waals surface area contributed by atoms with E-state index in [1.807, 2.05) is 35.7 Å². The number of carbonyl (C=O) groups is 1. The Bertz CT molecular complexity index is 1350. The highest BCUT2D eigenvalue weighted by Gasteiger charge is 2.10. The molecular weight excluding hydrogens is 435 g/mol. The molecule has 6 heteroatoms. The molecule has 0 aliphatic heterocycles. The van der Waals surface area contributed by atoms with Gasteiger partial charge in [-0.1, -0.05) is 42.5 Å². The van der Waals surface area contributed by atoms with Crippen LogP contribution in [0.15, 0.2) is 90.3 Å². The van der Waals surface area contributed by atoms with Gasteiger partial charge >= 0.3 is 5.97 Å². The van der Waals surface area contributed by atoms with Gasteiger partial charge in [0.15, 0.2) is 0 Å². The van der Waals surface area contributed by atoms with Gasteiger partial charge in [0, 0.05) is 17.0 Å². The molecule has 160 valence electrons. The fourth-order valence-electron chi connectivity index (χ4n) is 2.97. The predicted molar refractivity (Wildman–Crippen MR) is 129 cm³/mol. The average molecular weight is 453 g/mol. The Labute approximate surface area is 194 Å². The van der Waals surface area contributed by atoms with Crippen molar-refractivity contribution >= 4 is 35.0 Å². The van der Waals surface area contributed by atoms with Crippen LogP contribution in [-0.4, -0.2) is 11.0 Å². The number of esters is 1. The zero-order valence-electron chi connectivity index (χ0n) is 17.3. The van der Waals surface area contributed by atoms with E-state index < -0.39 is 5.97 Å². The van der Waals surface area contributed by atoms with E-state index in [-0.39, 0.29) is 5.82 Å². The molecule has 0 spiro atoms. The summed E-state index contributed by atoms with van der Waals surface area (Å²) in [5.74, 6) is -0.384. The second kappa shape index (κ2) is 10.3. The Morgan fingerprint density at radius 3 is 2.39 bits per heavy atom. The van der Waals surface area contributed by atoms with Crippen LogP contribution >= 0.6 is 11.3 Å². The first-order chi connectivity index (χ1) is 16.1. The fraction of sp³-hybridized carbons (Fsp3) is 0. The van der Waals surface area contributed by atoms with Crippen molar-refractivity contribution in [2.45, 2.75) is 0 Å². The molecule has 0 N–H and O–H groups in total. The van der Waals surface area contributed by atoms with Gasteiger partial charge in [0.25, 0.3) is 0 Å². The van der Waals surface area contributed by atoms with Gasteiger partial charge in [-0.3, -0.25) is 0 Å². The van der Waals surface area contributed by atoms with Gasteiger partial charge in [-0.25, -0.2) is 14.2 Å². The van der Waals surface area contributed by atoms with Crippen LogP contribution in [0, 0.1) is 17.1 Å². The standard InChI is InChI=1S/C27H17FN2O2S/c28-23-11-9-21(10-12-23)25-18-33-27(30-25)22(17-29)16-20-6-13-24(14-7-20)32-26(31)15-8-19-4-2-1-3-5-19/h1-16,18H/b15-8+,22-16+. The lowest BCUT2D eigenvalue weighted by atomic mass is 10.1. The quantitative estimate of drug-likeness (QED) is 0.143. The Hall–Kier alpha value is -4.34. The number of allylic oxidation sites excluding steroid dienone is 1. The number of halogens is 1. The molecule has 4 aromatic rings. The van der Waals surface area contributed by atoms with Gasteiger partial charge in [0.2, 0.25) is 0 Å². The third kappa shape index (κ3) is 5.88. The molecule has 1 aromatic heterocycles. The first-order valence-electron chi connectivity index (χ1n) is 9.99. The van der Waals surface area contributed by atoms with Gasteiger partial charge in [0.1, 0.15) is 22.6 Å². The summed E-state index contributed by atoms with van der Waals surface area (Å²) in [6.07, 6.45) is 4.78. The lowest BCUT2D eigenvalue weighted by Crippen LogP contribution is -2.03. The number of ether oxygens (including phenoxy) is 1. The molecule has 0 unspecified atom stereocenters. The highest BCUT2D eigenvalue weighted by molar-refractivity contribution is 7.11. The average Bonchev–Trinajstić information content (AvgIpc) is 3.33. The Morgan fingerprint density at radius 2 is 1.70 bits per heavy atom. The van der Waals surface area contributed by atoms with Crippen molar-refractivity contribution in [3.05, 3.63) is 112 Å². The summed E-state index contributed by atoms with van der Waals surface area (Å²) in [7, 11) is 0. The summed E-state index contributed by atoms with van der Waals surface area (Å²) in [5.41, 5.74) is 3.54. The van der Waals surface area contributed by atoms with Crippen molar-refractivity contribution < 1.29 is 13.9 Å². The van der Waals surface area contributed by atoms with E-state index in [1.54, 1.807) is 48.6 Å². The number of nitriles is 1. The normalized spacial score (nSPS) is 11.3. The van der Waals surface area contributed by atoms with Crippen LogP contribution in [-0.2, 0) is 4.79 Å². The van der Waals surface area contributed by atoms with Gasteiger partial charge in [-0.15, -0.1) is 11.3 Å². The Morgan fingerprint density at radius 1 is 0.970 bits per heavy atom. The molecule has 0 saturated carbocycles. The zero-order chi connectivity index (χ0) is 23.0. The van der Waals surface area contributed by atoms with E-state index in [0.29, 0.717) is 22.0 Å². The third-order valence-electron chi connectivity index (χ3n) is 4.62. The van der Waals surface area contributed by atoms with Crippen LogP contribution in [0.4, 0.5) is 4.39 Å². The summed E-state index contributed by atoms with van der Waals surface area (Å²) in [5, 5.41) is 12.0. The molecule has 0 saturated heterocycles. The van der Waals surface area contributed by atoms with E-state index in [0.717, 1.165) is 16.7 Å². The number of hydrogen-bond acceptors (Lipinski definition) is 5. The van der Waals surface area contributed by atoms with Crippen LogP contribution in [0.3, 0.4) is 0 Å². The number of nitrogens with zero attached hydrogens (tertiary/aromatic N) is 2. The number of hydrogen-bond donors (Lipinski definition) is 0. The minimum atomic E-state index is -0.476. The molecule has 0 aliphatic rings. The van der Waals surface area contributed by atoms with E-state index in [2.05, 4.69) is 11.1 Å². The summed E-state index contributed by atoms with van der Waals surface area (Å²) in [4.78, 5) is 16.5. The maximum atomic E-state index is 13.1. The van der Waals surface area contributed by atoms with Crippen molar-refractivity contribution in [2.24, 2.45) is 0 Å². The van der Waals surface area contributed by atoms with Crippen molar-refractivity contribution in [3.63, 3.8) is 0 Å². The summed E-state index contributed by atoms with van der Waals surface area (Å²) >= 11 is 1.34. The lowest BCUT2D eigenvalue weighted by molar-refractivity contribution is -0.128. The zero-order valence-corrected chi connectivity index (χ0v) is 18.1. The van der Waals surface area contributed by atoms with E-state index >= 15 is 0 Å². The van der Waals surface area contributed by atoms with E-state index in [1.165, 1.54) is 29.5 Å². The molecule has 0 radical (unpaired) electrons. The van der Waals surface area contributed by atoms with Crippen LogP contribution in [0.1, 0.15) is 16.1 Å². The molecule has 4 nitrogen and oxygen atoms in total. The Kier molecular flexibility index (Phi) is 6.84. The molecular formula is C27H17FN2O2S. The van der Waals surface area contributed by atoms with E-state index in [4.69, 9.17) is 4.74 Å². The number of aromatic nitrogens is 1. The monoisotopic (exact) mass is 452 g/mol. The summed E-state index contributed by atoms with van der Waals surface area (Å²) in [6, 6.07) is 24.6. The smallest absolute Gasteiger partial charge is 0.336 e. The van der Waals surface area contributed by atoms with Crippen molar-refractivity contribution in [1.29, 1.82) is 5.26 Å². The second-order valence-electron chi connectivity index (χ2n) is 6.95. The molecule has 0 amide bonds. The number of rotatable bonds is 6. The topological polar surface area (TPSA) is 63.0 Å². The summed E-state index contributed by atoms with van der Waals surface area (Å²) < 4.78 is 18.5. The molecule has 33 heavy (non-hydrogen) atoms. The van der Waals surface area contributed by atoms with Gasteiger partial charge in [-0.2, -0.15) is 5.26 Å². The number of benzene rings is 3. The maximum absolute atomic E-state index is 13.1. The summed E-state index contributed by atoms with van der Waals surface area (Å²) in [6.45, 7) is 0. The van der Waals surface area contributed by atoms with E-state index in [9.17, 15) is 14.4 Å². The van der Waals surface area contributed by atoms with Crippen LogP contribution in [0.25, 0.3) is 29.0 Å². The molecule has 0 fully saturated rings. The molecule has 0 aliphatic carbocycles. The van der Waals surface area contributed by atoms with Crippen molar-refractivity contribution in [3.8, 4) is 23.1 Å². The van der Waals surface area contributed by atoms with Gasteiger partial charge in [0.05, 0.1) is 11.3 Å². The van der Waals surface area contributed by atoms with Gasteiger partial charge < -0.3 is 4.74 Å². The van der Waals surface area contributed by atoms with Gasteiger partial charge in [-0.05, 0) is 59.7 Å². The lowest BCUT2D eigenvalue weighted by Gasteiger charge is -2.02. The minimum absolute atomic E-state index is 0.312. The molecule has 0 atom stereocenters. The molecule has 1 heterocycles. The molecule has 0 bridgehead atoms. The maximum Gasteiger partial charge on any atom is 0.336 e. The first-order valence-corrected chi connectivity index (χ1v) is 10.9. The van der Waals surface area contributed by atoms with Crippen LogP contribution < -0.4 is 4.74 Å². The highest BCUT2D eigenvalue weighted by atomic mass is 32.1. The van der Waals surface area contributed by atoms with Crippen molar-refractivity contribution in [1.82, 2.24) is 4.98 Å². The SMILES string of the molecule is N#C/C(=C\c1ccc(OC(=O)/C=C/c2ccccc2)cc1)c1nc(-c2ccc(F)cc2)cs1. The molecule has 4 rings (SSSR count). The number of thiazole rings is 1. The number of carbonyl (C=O) groups excluding carboxylic acids is 1. The Balaban J connectivity index is 1.44. The minimum Gasteiger partial charge on any atom is -0.423 e. The third-order valence-corrected chi connectivity index (χ3v) is 5.49. The highest BCUT2D eigenvalue weighted by Crippen LogP contribution is 2.27. The molecule has 3 aromatic carbocycles. The predicted octanol–water partition coefficient (Wildman–Crippen LogP) is 6.63.